The molecule has 3 aromatic rings. The molecule has 1 heterocycles. The summed E-state index contributed by atoms with van der Waals surface area (Å²) in [5.41, 5.74) is 3.24. The Hall–Kier alpha value is -3.12. The number of nitrogens with zero attached hydrogens (tertiary/aromatic N) is 2. The van der Waals surface area contributed by atoms with Crippen LogP contribution < -0.4 is 15.4 Å². The zero-order chi connectivity index (χ0) is 19.4. The van der Waals surface area contributed by atoms with Gasteiger partial charge in [0.05, 0.1) is 7.11 Å². The van der Waals surface area contributed by atoms with E-state index in [2.05, 4.69) is 20.6 Å². The molecule has 0 aliphatic carbocycles. The van der Waals surface area contributed by atoms with Crippen molar-refractivity contribution in [2.75, 3.05) is 17.7 Å². The van der Waals surface area contributed by atoms with E-state index >= 15 is 0 Å². The van der Waals surface area contributed by atoms with Crippen molar-refractivity contribution in [1.29, 1.82) is 0 Å². The lowest BCUT2D eigenvalue weighted by atomic mass is 10.2. The topological polar surface area (TPSA) is 76.1 Å². The number of aryl methyl sites for hydroxylation is 2. The summed E-state index contributed by atoms with van der Waals surface area (Å²) in [7, 11) is 1.60. The van der Waals surface area contributed by atoms with Crippen molar-refractivity contribution in [2.24, 2.45) is 0 Å². The molecule has 0 radical (unpaired) electrons. The Labute approximate surface area is 162 Å². The van der Waals surface area contributed by atoms with Gasteiger partial charge in [-0.1, -0.05) is 23.7 Å². The van der Waals surface area contributed by atoms with Crippen molar-refractivity contribution in [1.82, 2.24) is 9.97 Å². The number of methoxy groups -OCH3 is 1. The smallest absolute Gasteiger partial charge is 0.274 e. The van der Waals surface area contributed by atoms with Gasteiger partial charge in [-0.05, 0) is 49.7 Å². The highest BCUT2D eigenvalue weighted by Gasteiger charge is 2.13. The molecular formula is C20H19ClN4O2. The number of rotatable bonds is 5. The molecule has 0 fully saturated rings. The van der Waals surface area contributed by atoms with Gasteiger partial charge < -0.3 is 15.4 Å². The second-order valence-corrected chi connectivity index (χ2v) is 6.42. The molecule has 6 nitrogen and oxygen atoms in total. The number of carbonyl (C=O) groups excluding carboxylic acids is 1. The minimum atomic E-state index is -0.334. The molecule has 0 aliphatic rings. The van der Waals surface area contributed by atoms with E-state index in [4.69, 9.17) is 16.3 Å². The Morgan fingerprint density at radius 3 is 2.67 bits per heavy atom. The van der Waals surface area contributed by atoms with Crippen LogP contribution in [0.2, 0.25) is 5.02 Å². The first kappa shape index (κ1) is 18.7. The largest absolute Gasteiger partial charge is 0.497 e. The van der Waals surface area contributed by atoms with E-state index in [-0.39, 0.29) is 11.6 Å². The molecule has 0 spiro atoms. The second kappa shape index (κ2) is 8.05. The van der Waals surface area contributed by atoms with E-state index in [1.54, 1.807) is 32.2 Å². The minimum Gasteiger partial charge on any atom is -0.497 e. The molecular weight excluding hydrogens is 364 g/mol. The quantitative estimate of drug-likeness (QED) is 0.665. The Morgan fingerprint density at radius 2 is 1.89 bits per heavy atom. The van der Waals surface area contributed by atoms with Crippen LogP contribution in [-0.4, -0.2) is 23.0 Å². The summed E-state index contributed by atoms with van der Waals surface area (Å²) in [6.45, 7) is 3.70. The van der Waals surface area contributed by atoms with Gasteiger partial charge >= 0.3 is 0 Å². The van der Waals surface area contributed by atoms with Crippen LogP contribution in [0.4, 0.5) is 17.3 Å². The molecule has 0 unspecified atom stereocenters. The number of halogens is 1. The Balaban J connectivity index is 1.83. The third-order valence-corrected chi connectivity index (χ3v) is 4.10. The standard InChI is InChI=1S/C20H19ClN4O2/c1-12-7-8-14(21)10-17(12)24-19(26)18-9-13(2)22-20(25-18)23-15-5-4-6-16(11-15)27-3/h4-11H,1-3H3,(H,24,26)(H,22,23,25). The molecule has 0 saturated heterocycles. The van der Waals surface area contributed by atoms with E-state index in [9.17, 15) is 4.79 Å². The summed E-state index contributed by atoms with van der Waals surface area (Å²) in [4.78, 5) is 21.3. The van der Waals surface area contributed by atoms with Gasteiger partial charge in [0.25, 0.3) is 5.91 Å². The lowest BCUT2D eigenvalue weighted by Gasteiger charge is -2.11. The minimum absolute atomic E-state index is 0.257. The fraction of sp³-hybridized carbons (Fsp3) is 0.150. The Morgan fingerprint density at radius 1 is 1.07 bits per heavy atom. The van der Waals surface area contributed by atoms with E-state index in [0.29, 0.717) is 28.1 Å². The van der Waals surface area contributed by atoms with Crippen LogP contribution in [-0.2, 0) is 0 Å². The van der Waals surface area contributed by atoms with Crippen LogP contribution in [0.1, 0.15) is 21.7 Å². The predicted octanol–water partition coefficient (Wildman–Crippen LogP) is 4.75. The van der Waals surface area contributed by atoms with Crippen LogP contribution in [0.3, 0.4) is 0 Å². The van der Waals surface area contributed by atoms with Crippen molar-refractivity contribution in [2.45, 2.75) is 13.8 Å². The number of benzene rings is 2. The number of hydrogen-bond acceptors (Lipinski definition) is 5. The van der Waals surface area contributed by atoms with Crippen LogP contribution in [0.25, 0.3) is 0 Å². The fourth-order valence-electron chi connectivity index (χ4n) is 2.49. The number of anilines is 3. The summed E-state index contributed by atoms with van der Waals surface area (Å²) in [6, 6.07) is 14.3. The number of nitrogens with one attached hydrogen (secondary N) is 2. The normalized spacial score (nSPS) is 10.4. The van der Waals surface area contributed by atoms with E-state index < -0.39 is 0 Å². The second-order valence-electron chi connectivity index (χ2n) is 5.99. The number of hydrogen-bond donors (Lipinski definition) is 2. The lowest BCUT2D eigenvalue weighted by Crippen LogP contribution is -2.16. The molecule has 3 rings (SSSR count). The van der Waals surface area contributed by atoms with Gasteiger partial charge in [0.1, 0.15) is 11.4 Å². The van der Waals surface area contributed by atoms with Crippen LogP contribution in [0.15, 0.2) is 48.5 Å². The first-order chi connectivity index (χ1) is 12.9. The molecule has 1 amide bonds. The third-order valence-electron chi connectivity index (χ3n) is 3.86. The van der Waals surface area contributed by atoms with Gasteiger partial charge in [0.2, 0.25) is 5.95 Å². The van der Waals surface area contributed by atoms with Crippen molar-refractivity contribution < 1.29 is 9.53 Å². The Bertz CT molecular complexity index is 991. The maximum Gasteiger partial charge on any atom is 0.274 e. The van der Waals surface area contributed by atoms with E-state index in [0.717, 1.165) is 11.3 Å². The zero-order valence-electron chi connectivity index (χ0n) is 15.2. The fourth-order valence-corrected chi connectivity index (χ4v) is 2.66. The maximum atomic E-state index is 12.6. The molecule has 138 valence electrons. The molecule has 2 aromatic carbocycles. The molecule has 0 bridgehead atoms. The molecule has 0 saturated carbocycles. The van der Waals surface area contributed by atoms with Gasteiger partial charge in [0, 0.05) is 28.2 Å². The van der Waals surface area contributed by atoms with Gasteiger partial charge in [-0.15, -0.1) is 0 Å². The molecule has 1 aromatic heterocycles. The number of aromatic nitrogens is 2. The third kappa shape index (κ3) is 4.74. The molecule has 27 heavy (non-hydrogen) atoms. The van der Waals surface area contributed by atoms with Crippen LogP contribution in [0, 0.1) is 13.8 Å². The van der Waals surface area contributed by atoms with Crippen LogP contribution >= 0.6 is 11.6 Å². The molecule has 0 atom stereocenters. The van der Waals surface area contributed by atoms with Crippen molar-refractivity contribution in [3.63, 3.8) is 0 Å². The highest BCUT2D eigenvalue weighted by Crippen LogP contribution is 2.22. The van der Waals surface area contributed by atoms with E-state index in [1.165, 1.54) is 0 Å². The van der Waals surface area contributed by atoms with Gasteiger partial charge in [-0.25, -0.2) is 9.97 Å². The Kier molecular flexibility index (Phi) is 5.57. The van der Waals surface area contributed by atoms with Gasteiger partial charge in [-0.3, -0.25) is 4.79 Å². The molecule has 7 heteroatoms. The maximum absolute atomic E-state index is 12.6. The lowest BCUT2D eigenvalue weighted by molar-refractivity contribution is 0.102. The summed E-state index contributed by atoms with van der Waals surface area (Å²) in [5, 5.41) is 6.49. The summed E-state index contributed by atoms with van der Waals surface area (Å²) >= 11 is 6.01. The van der Waals surface area contributed by atoms with E-state index in [1.807, 2.05) is 37.3 Å². The monoisotopic (exact) mass is 382 g/mol. The summed E-state index contributed by atoms with van der Waals surface area (Å²) in [5.74, 6) is 0.706. The first-order valence-electron chi connectivity index (χ1n) is 8.29. The average Bonchev–Trinajstić information content (AvgIpc) is 2.64. The molecule has 2 N–H and O–H groups in total. The molecule has 0 aliphatic heterocycles. The van der Waals surface area contributed by atoms with Gasteiger partial charge in [0.15, 0.2) is 0 Å². The summed E-state index contributed by atoms with van der Waals surface area (Å²) in [6.07, 6.45) is 0. The van der Waals surface area contributed by atoms with Gasteiger partial charge in [-0.2, -0.15) is 0 Å². The zero-order valence-corrected chi connectivity index (χ0v) is 16.0. The van der Waals surface area contributed by atoms with Crippen molar-refractivity contribution in [3.8, 4) is 5.75 Å². The first-order valence-corrected chi connectivity index (χ1v) is 8.66. The van der Waals surface area contributed by atoms with Crippen LogP contribution in [0.5, 0.6) is 5.75 Å². The number of ether oxygens (including phenoxy) is 1. The highest BCUT2D eigenvalue weighted by molar-refractivity contribution is 6.31. The average molecular weight is 383 g/mol. The SMILES string of the molecule is COc1cccc(Nc2nc(C)cc(C(=O)Nc3cc(Cl)ccc3C)n2)c1. The summed E-state index contributed by atoms with van der Waals surface area (Å²) < 4.78 is 5.21. The van der Waals surface area contributed by atoms with Crippen molar-refractivity contribution in [3.05, 3.63) is 70.5 Å². The number of amides is 1. The highest BCUT2D eigenvalue weighted by atomic mass is 35.5. The van der Waals surface area contributed by atoms with Crippen molar-refractivity contribution >= 4 is 34.8 Å². The number of carbonyl (C=O) groups is 1. The predicted molar refractivity (Wildman–Crippen MR) is 107 cm³/mol.